The van der Waals surface area contributed by atoms with Crippen molar-refractivity contribution in [1.29, 1.82) is 5.26 Å². The van der Waals surface area contributed by atoms with Gasteiger partial charge in [-0.2, -0.15) is 10.4 Å². The molecule has 0 saturated carbocycles. The summed E-state index contributed by atoms with van der Waals surface area (Å²) in [5.74, 6) is -0.0319. The van der Waals surface area contributed by atoms with Gasteiger partial charge in [0.1, 0.15) is 24.5 Å². The Morgan fingerprint density at radius 2 is 2.50 bits per heavy atom. The van der Waals surface area contributed by atoms with E-state index in [1.54, 1.807) is 16.6 Å². The van der Waals surface area contributed by atoms with Gasteiger partial charge < -0.3 is 15.2 Å². The highest BCUT2D eigenvalue weighted by Gasteiger charge is 2.44. The quantitative estimate of drug-likeness (QED) is 0.832. The van der Waals surface area contributed by atoms with Crippen LogP contribution in [-0.4, -0.2) is 33.3 Å². The van der Waals surface area contributed by atoms with Gasteiger partial charge in [0.25, 0.3) is 0 Å². The van der Waals surface area contributed by atoms with Crippen molar-refractivity contribution in [2.45, 2.75) is 31.5 Å². The van der Waals surface area contributed by atoms with Crippen LogP contribution < -0.4 is 5.73 Å². The van der Waals surface area contributed by atoms with Crippen molar-refractivity contribution in [3.8, 4) is 6.07 Å². The third-order valence-corrected chi connectivity index (χ3v) is 3.73. The van der Waals surface area contributed by atoms with Gasteiger partial charge in [0.15, 0.2) is 11.4 Å². The molecule has 1 saturated heterocycles. The number of hydrogen-bond acceptors (Lipinski definition) is 7. The Kier molecular flexibility index (Phi) is 3.42. The zero-order chi connectivity index (χ0) is 15.7. The molecule has 2 aromatic heterocycles. The lowest BCUT2D eigenvalue weighted by Gasteiger charge is -2.21. The van der Waals surface area contributed by atoms with Gasteiger partial charge in [-0.15, -0.1) is 0 Å². The number of ether oxygens (including phenoxy) is 2. The number of nitrogen functional groups attached to an aromatic ring is 1. The number of esters is 1. The molecule has 0 radical (unpaired) electrons. The molecule has 3 rings (SSSR count). The highest BCUT2D eigenvalue weighted by atomic mass is 16.6. The normalized spacial score (nSPS) is 24.3. The van der Waals surface area contributed by atoms with Crippen LogP contribution in [0.25, 0.3) is 5.52 Å². The minimum atomic E-state index is -1.13. The molecule has 8 heteroatoms. The van der Waals surface area contributed by atoms with E-state index in [1.807, 2.05) is 0 Å². The molecule has 0 spiro atoms. The zero-order valence-corrected chi connectivity index (χ0v) is 12.0. The van der Waals surface area contributed by atoms with Gasteiger partial charge in [0.2, 0.25) is 0 Å². The summed E-state index contributed by atoms with van der Waals surface area (Å²) in [7, 11) is 0. The minimum Gasteiger partial charge on any atom is -0.463 e. The summed E-state index contributed by atoms with van der Waals surface area (Å²) in [5, 5.41) is 13.8. The summed E-state index contributed by atoms with van der Waals surface area (Å²) in [5.41, 5.74) is 5.91. The number of nitrogens with two attached hydrogens (primary N) is 1. The molecule has 8 nitrogen and oxygen atoms in total. The molecular formula is C14H15N5O3. The van der Waals surface area contributed by atoms with Gasteiger partial charge in [0.05, 0.1) is 11.8 Å². The van der Waals surface area contributed by atoms with Crippen molar-refractivity contribution in [3.05, 3.63) is 24.2 Å². The highest BCUT2D eigenvalue weighted by molar-refractivity contribution is 5.66. The molecule has 114 valence electrons. The third-order valence-electron chi connectivity index (χ3n) is 3.73. The topological polar surface area (TPSA) is 116 Å². The van der Waals surface area contributed by atoms with Crippen molar-refractivity contribution >= 4 is 17.3 Å². The van der Waals surface area contributed by atoms with Crippen LogP contribution in [0.1, 0.15) is 25.5 Å². The molecule has 1 aliphatic rings. The summed E-state index contributed by atoms with van der Waals surface area (Å²) >= 11 is 0. The number of nitrogens with zero attached hydrogens (tertiary/aromatic N) is 4. The fraction of sp³-hybridized carbons (Fsp3) is 0.429. The molecule has 0 aliphatic carbocycles. The van der Waals surface area contributed by atoms with Gasteiger partial charge in [-0.25, -0.2) is 9.50 Å². The van der Waals surface area contributed by atoms with Crippen LogP contribution in [0.3, 0.4) is 0 Å². The van der Waals surface area contributed by atoms with Crippen LogP contribution in [0.15, 0.2) is 18.5 Å². The number of carbonyl (C=O) groups excluding carboxylic acids is 1. The first-order valence-corrected chi connectivity index (χ1v) is 6.87. The maximum atomic E-state index is 10.9. The van der Waals surface area contributed by atoms with E-state index < -0.39 is 5.60 Å². The molecule has 2 atom stereocenters. The lowest BCUT2D eigenvalue weighted by molar-refractivity contribution is -0.146. The highest BCUT2D eigenvalue weighted by Crippen LogP contribution is 2.39. The Morgan fingerprint density at radius 3 is 3.23 bits per heavy atom. The third kappa shape index (κ3) is 2.25. The molecule has 1 aliphatic heterocycles. The predicted molar refractivity (Wildman–Crippen MR) is 75.4 cm³/mol. The average Bonchev–Trinajstić information content (AvgIpc) is 3.10. The first-order chi connectivity index (χ1) is 10.6. The van der Waals surface area contributed by atoms with Crippen molar-refractivity contribution in [2.75, 3.05) is 12.3 Å². The first kappa shape index (κ1) is 14.3. The fourth-order valence-electron chi connectivity index (χ4n) is 2.68. The second kappa shape index (κ2) is 5.27. The largest absolute Gasteiger partial charge is 0.463 e. The molecule has 1 fully saturated rings. The van der Waals surface area contributed by atoms with Crippen molar-refractivity contribution in [3.63, 3.8) is 0 Å². The van der Waals surface area contributed by atoms with Gasteiger partial charge in [-0.1, -0.05) is 0 Å². The smallest absolute Gasteiger partial charge is 0.302 e. The van der Waals surface area contributed by atoms with Crippen LogP contribution in [0.5, 0.6) is 0 Å². The molecule has 2 N–H and O–H groups in total. The van der Waals surface area contributed by atoms with E-state index >= 15 is 0 Å². The van der Waals surface area contributed by atoms with E-state index in [-0.39, 0.29) is 18.7 Å². The predicted octanol–water partition coefficient (Wildman–Crippen LogP) is 0.772. The number of nitriles is 1. The molecule has 22 heavy (non-hydrogen) atoms. The second-order valence-corrected chi connectivity index (χ2v) is 5.18. The van der Waals surface area contributed by atoms with Gasteiger partial charge >= 0.3 is 5.97 Å². The first-order valence-electron chi connectivity index (χ1n) is 6.87. The fourth-order valence-corrected chi connectivity index (χ4v) is 2.68. The summed E-state index contributed by atoms with van der Waals surface area (Å²) in [6.07, 6.45) is 2.13. The van der Waals surface area contributed by atoms with Crippen LogP contribution in [0, 0.1) is 11.3 Å². The van der Waals surface area contributed by atoms with E-state index in [1.165, 1.54) is 13.3 Å². The molecule has 0 unspecified atom stereocenters. The lowest BCUT2D eigenvalue weighted by Crippen LogP contribution is -2.28. The number of rotatable bonds is 3. The molecular weight excluding hydrogens is 286 g/mol. The Bertz CT molecular complexity index is 765. The van der Waals surface area contributed by atoms with Crippen LogP contribution in [-0.2, 0) is 19.9 Å². The SMILES string of the molecule is CC(=O)OC[C@@H]1CC[C@](C#N)(c2ccc3c(N)ncnn23)O1. The summed E-state index contributed by atoms with van der Waals surface area (Å²) < 4.78 is 12.4. The van der Waals surface area contributed by atoms with E-state index in [0.717, 1.165) is 0 Å². The lowest BCUT2D eigenvalue weighted by atomic mass is 9.98. The Morgan fingerprint density at radius 1 is 1.68 bits per heavy atom. The van der Waals surface area contributed by atoms with Gasteiger partial charge in [-0.3, -0.25) is 4.79 Å². The molecule has 3 heterocycles. The standard InChI is InChI=1S/C14H15N5O3/c1-9(20)21-6-10-4-5-14(7-15,22-10)12-3-2-11-13(16)17-8-18-19(11)12/h2-3,8,10H,4-6H2,1H3,(H2,16,17,18)/t10-,14-/m0/s1. The number of fused-ring (bicyclic) bond motifs is 1. The molecule has 0 amide bonds. The van der Waals surface area contributed by atoms with Crippen molar-refractivity contribution < 1.29 is 14.3 Å². The van der Waals surface area contributed by atoms with E-state index in [4.69, 9.17) is 15.2 Å². The molecule has 0 aromatic carbocycles. The summed E-state index contributed by atoms with van der Waals surface area (Å²) in [6.45, 7) is 1.48. The summed E-state index contributed by atoms with van der Waals surface area (Å²) in [6, 6.07) is 5.74. The number of hydrogen-bond donors (Lipinski definition) is 1. The van der Waals surface area contributed by atoms with Gasteiger partial charge in [0, 0.05) is 6.92 Å². The van der Waals surface area contributed by atoms with E-state index in [9.17, 15) is 10.1 Å². The number of carbonyl (C=O) groups is 1. The van der Waals surface area contributed by atoms with Crippen LogP contribution in [0.2, 0.25) is 0 Å². The van der Waals surface area contributed by atoms with Crippen LogP contribution >= 0.6 is 0 Å². The second-order valence-electron chi connectivity index (χ2n) is 5.18. The number of anilines is 1. The Labute approximate surface area is 126 Å². The number of aromatic nitrogens is 3. The monoisotopic (exact) mass is 301 g/mol. The maximum Gasteiger partial charge on any atom is 0.302 e. The maximum absolute atomic E-state index is 10.9. The Hall–Kier alpha value is -2.66. The molecule has 0 bridgehead atoms. The summed E-state index contributed by atoms with van der Waals surface area (Å²) in [4.78, 5) is 14.8. The molecule has 2 aromatic rings. The zero-order valence-electron chi connectivity index (χ0n) is 12.0. The van der Waals surface area contributed by atoms with Crippen molar-refractivity contribution in [2.24, 2.45) is 0 Å². The van der Waals surface area contributed by atoms with Crippen LogP contribution in [0.4, 0.5) is 5.82 Å². The average molecular weight is 301 g/mol. The minimum absolute atomic E-state index is 0.138. The van der Waals surface area contributed by atoms with E-state index in [0.29, 0.717) is 29.9 Å². The van der Waals surface area contributed by atoms with Gasteiger partial charge in [-0.05, 0) is 25.0 Å². The van der Waals surface area contributed by atoms with E-state index in [2.05, 4.69) is 16.2 Å². The van der Waals surface area contributed by atoms with Crippen molar-refractivity contribution in [1.82, 2.24) is 14.6 Å². The Balaban J connectivity index is 1.92.